The van der Waals surface area contributed by atoms with E-state index >= 15 is 0 Å². The van der Waals surface area contributed by atoms with Crippen LogP contribution in [-0.2, 0) is 11.2 Å². The molecule has 0 saturated carbocycles. The van der Waals surface area contributed by atoms with E-state index < -0.39 is 0 Å². The zero-order valence-corrected chi connectivity index (χ0v) is 8.49. The van der Waals surface area contributed by atoms with Gasteiger partial charge in [0.2, 0.25) is 0 Å². The Bertz CT molecular complexity index is 314. The Morgan fingerprint density at radius 1 is 1.50 bits per heavy atom. The number of aromatic hydroxyl groups is 1. The largest absolute Gasteiger partial charge is 0.508 e. The van der Waals surface area contributed by atoms with Crippen molar-refractivity contribution in [3.63, 3.8) is 0 Å². The van der Waals surface area contributed by atoms with Crippen molar-refractivity contribution in [1.82, 2.24) is 0 Å². The molecule has 1 aromatic rings. The molecule has 0 bridgehead atoms. The Kier molecular flexibility index (Phi) is 2.73. The molecule has 14 heavy (non-hydrogen) atoms. The van der Waals surface area contributed by atoms with Gasteiger partial charge in [0.05, 0.1) is 6.61 Å². The normalized spacial score (nSPS) is 21.4. The van der Waals surface area contributed by atoms with Crippen LogP contribution in [0.5, 0.6) is 5.75 Å². The van der Waals surface area contributed by atoms with E-state index in [0.717, 1.165) is 31.6 Å². The van der Waals surface area contributed by atoms with Crippen LogP contribution in [0.3, 0.4) is 0 Å². The third kappa shape index (κ3) is 1.75. The summed E-state index contributed by atoms with van der Waals surface area (Å²) < 4.78 is 5.33. The van der Waals surface area contributed by atoms with Gasteiger partial charge in [-0.2, -0.15) is 0 Å². The second kappa shape index (κ2) is 4.01. The van der Waals surface area contributed by atoms with E-state index in [-0.39, 0.29) is 0 Å². The second-order valence-corrected chi connectivity index (χ2v) is 3.81. The van der Waals surface area contributed by atoms with Crippen molar-refractivity contribution in [2.45, 2.75) is 25.7 Å². The fourth-order valence-corrected chi connectivity index (χ4v) is 1.93. The van der Waals surface area contributed by atoms with E-state index in [1.807, 2.05) is 6.07 Å². The summed E-state index contributed by atoms with van der Waals surface area (Å²) in [5.41, 5.74) is 2.34. The summed E-state index contributed by atoms with van der Waals surface area (Å²) in [7, 11) is 0. The number of hydrogen-bond acceptors (Lipinski definition) is 2. The predicted octanol–water partition coefficient (Wildman–Crippen LogP) is 2.46. The zero-order valence-electron chi connectivity index (χ0n) is 8.49. The van der Waals surface area contributed by atoms with Crippen LogP contribution in [0.15, 0.2) is 18.2 Å². The maximum absolute atomic E-state index is 9.74. The quantitative estimate of drug-likeness (QED) is 0.780. The second-order valence-electron chi connectivity index (χ2n) is 3.81. The molecular weight excluding hydrogens is 176 g/mol. The molecule has 2 rings (SSSR count). The Labute approximate surface area is 84.5 Å². The summed E-state index contributed by atoms with van der Waals surface area (Å²) >= 11 is 0. The van der Waals surface area contributed by atoms with Crippen LogP contribution in [0.2, 0.25) is 0 Å². The Hall–Kier alpha value is -1.02. The lowest BCUT2D eigenvalue weighted by Crippen LogP contribution is -1.98. The van der Waals surface area contributed by atoms with Crippen molar-refractivity contribution < 1.29 is 9.84 Å². The molecular formula is C12H16O2. The highest BCUT2D eigenvalue weighted by molar-refractivity contribution is 5.39. The highest BCUT2D eigenvalue weighted by atomic mass is 16.5. The Morgan fingerprint density at radius 2 is 2.36 bits per heavy atom. The molecule has 1 aliphatic heterocycles. The lowest BCUT2D eigenvalue weighted by Gasteiger charge is -2.11. The number of hydrogen-bond donors (Lipinski definition) is 1. The highest BCUT2D eigenvalue weighted by Gasteiger charge is 2.20. The van der Waals surface area contributed by atoms with E-state index in [2.05, 4.69) is 13.0 Å². The summed E-state index contributed by atoms with van der Waals surface area (Å²) in [5.74, 6) is 0.805. The number of benzene rings is 1. The molecule has 0 spiro atoms. The Morgan fingerprint density at radius 3 is 3.00 bits per heavy atom. The summed E-state index contributed by atoms with van der Waals surface area (Å²) in [6.07, 6.45) is 2.04. The topological polar surface area (TPSA) is 29.5 Å². The fraction of sp³-hybridized carbons (Fsp3) is 0.500. The van der Waals surface area contributed by atoms with Gasteiger partial charge in [0.25, 0.3) is 0 Å². The first-order valence-corrected chi connectivity index (χ1v) is 5.20. The lowest BCUT2D eigenvalue weighted by molar-refractivity contribution is 0.193. The standard InChI is InChI=1S/C12H16O2/c1-2-9-3-4-12(13)11(7-9)10-5-6-14-8-10/h3-4,7,10,13H,2,5-6,8H2,1H3. The van der Waals surface area contributed by atoms with Crippen LogP contribution in [0, 0.1) is 0 Å². The van der Waals surface area contributed by atoms with E-state index in [4.69, 9.17) is 4.74 Å². The smallest absolute Gasteiger partial charge is 0.119 e. The molecule has 0 aliphatic carbocycles. The molecule has 1 N–H and O–H groups in total. The summed E-state index contributed by atoms with van der Waals surface area (Å²) in [6.45, 7) is 3.70. The molecule has 1 atom stereocenters. The lowest BCUT2D eigenvalue weighted by atomic mass is 9.95. The molecule has 76 valence electrons. The van der Waals surface area contributed by atoms with Gasteiger partial charge in [-0.05, 0) is 30.0 Å². The molecule has 2 heteroatoms. The summed E-state index contributed by atoms with van der Waals surface area (Å²) in [6, 6.07) is 5.88. The first-order chi connectivity index (χ1) is 6.81. The van der Waals surface area contributed by atoms with E-state index in [1.54, 1.807) is 6.07 Å². The van der Waals surface area contributed by atoms with E-state index in [1.165, 1.54) is 5.56 Å². The molecule has 1 saturated heterocycles. The van der Waals surface area contributed by atoms with Crippen LogP contribution >= 0.6 is 0 Å². The minimum absolute atomic E-state index is 0.390. The van der Waals surface area contributed by atoms with Gasteiger partial charge in [-0.3, -0.25) is 0 Å². The molecule has 1 heterocycles. The van der Waals surface area contributed by atoms with E-state index in [9.17, 15) is 5.11 Å². The van der Waals surface area contributed by atoms with Crippen molar-refractivity contribution in [1.29, 1.82) is 0 Å². The molecule has 1 aromatic carbocycles. The number of aryl methyl sites for hydroxylation is 1. The van der Waals surface area contributed by atoms with Gasteiger partial charge in [0.1, 0.15) is 5.75 Å². The Balaban J connectivity index is 2.29. The highest BCUT2D eigenvalue weighted by Crippen LogP contribution is 2.32. The molecule has 1 aliphatic rings. The first kappa shape index (κ1) is 9.53. The van der Waals surface area contributed by atoms with Crippen molar-refractivity contribution in [2.24, 2.45) is 0 Å². The number of phenols is 1. The van der Waals surface area contributed by atoms with Crippen LogP contribution in [0.25, 0.3) is 0 Å². The van der Waals surface area contributed by atoms with Crippen molar-refractivity contribution >= 4 is 0 Å². The number of ether oxygens (including phenoxy) is 1. The van der Waals surface area contributed by atoms with Crippen molar-refractivity contribution in [3.8, 4) is 5.75 Å². The van der Waals surface area contributed by atoms with Crippen LogP contribution < -0.4 is 0 Å². The third-order valence-corrected chi connectivity index (χ3v) is 2.87. The van der Waals surface area contributed by atoms with Crippen LogP contribution in [0.1, 0.15) is 30.4 Å². The van der Waals surface area contributed by atoms with Gasteiger partial charge in [-0.25, -0.2) is 0 Å². The monoisotopic (exact) mass is 192 g/mol. The van der Waals surface area contributed by atoms with Gasteiger partial charge < -0.3 is 9.84 Å². The molecule has 2 nitrogen and oxygen atoms in total. The maximum atomic E-state index is 9.74. The van der Waals surface area contributed by atoms with Gasteiger partial charge in [0.15, 0.2) is 0 Å². The predicted molar refractivity (Wildman–Crippen MR) is 55.7 cm³/mol. The molecule has 0 aromatic heterocycles. The minimum atomic E-state index is 0.390. The average Bonchev–Trinajstić information content (AvgIpc) is 2.71. The van der Waals surface area contributed by atoms with Gasteiger partial charge in [-0.15, -0.1) is 0 Å². The number of phenolic OH excluding ortho intramolecular Hbond substituents is 1. The summed E-state index contributed by atoms with van der Waals surface area (Å²) in [5, 5.41) is 9.74. The third-order valence-electron chi connectivity index (χ3n) is 2.87. The van der Waals surface area contributed by atoms with Gasteiger partial charge in [-0.1, -0.05) is 19.1 Å². The van der Waals surface area contributed by atoms with Crippen LogP contribution in [-0.4, -0.2) is 18.3 Å². The van der Waals surface area contributed by atoms with Gasteiger partial charge in [0, 0.05) is 12.5 Å². The zero-order chi connectivity index (χ0) is 9.97. The molecule has 0 radical (unpaired) electrons. The molecule has 1 unspecified atom stereocenters. The maximum Gasteiger partial charge on any atom is 0.119 e. The van der Waals surface area contributed by atoms with Crippen molar-refractivity contribution in [3.05, 3.63) is 29.3 Å². The molecule has 1 fully saturated rings. The van der Waals surface area contributed by atoms with Crippen molar-refractivity contribution in [2.75, 3.05) is 13.2 Å². The fourth-order valence-electron chi connectivity index (χ4n) is 1.93. The average molecular weight is 192 g/mol. The van der Waals surface area contributed by atoms with Crippen LogP contribution in [0.4, 0.5) is 0 Å². The van der Waals surface area contributed by atoms with E-state index in [0.29, 0.717) is 11.7 Å². The molecule has 0 amide bonds. The SMILES string of the molecule is CCc1ccc(O)c(C2CCOC2)c1. The van der Waals surface area contributed by atoms with Gasteiger partial charge >= 0.3 is 0 Å². The number of rotatable bonds is 2. The first-order valence-electron chi connectivity index (χ1n) is 5.20. The summed E-state index contributed by atoms with van der Waals surface area (Å²) in [4.78, 5) is 0. The minimum Gasteiger partial charge on any atom is -0.508 e.